The highest BCUT2D eigenvalue weighted by atomic mass is 35.5. The summed E-state index contributed by atoms with van der Waals surface area (Å²) < 4.78 is 0. The largest absolute Gasteiger partial charge is 0.175 e. The van der Waals surface area contributed by atoms with E-state index in [0.29, 0.717) is 5.75 Å². The van der Waals surface area contributed by atoms with E-state index in [4.69, 9.17) is 11.6 Å². The summed E-state index contributed by atoms with van der Waals surface area (Å²) >= 11 is 9.24. The Morgan fingerprint density at radius 2 is 2.43 bits per heavy atom. The van der Waals surface area contributed by atoms with E-state index in [0.717, 1.165) is 5.57 Å². The van der Waals surface area contributed by atoms with Crippen molar-refractivity contribution < 1.29 is 0 Å². The minimum absolute atomic E-state index is 0.660. The standard InChI is InChI=1S/C5H7ClS/c1-2-5(3-6)4-7/h2-3,7H,1,4H2/b5-3-. The van der Waals surface area contributed by atoms with Gasteiger partial charge < -0.3 is 0 Å². The second kappa shape index (κ2) is 4.28. The fraction of sp³-hybridized carbons (Fsp3) is 0.200. The molecule has 0 aromatic rings. The molecule has 0 aromatic heterocycles. The molecule has 0 nitrogen and oxygen atoms in total. The van der Waals surface area contributed by atoms with Crippen molar-refractivity contribution in [3.05, 3.63) is 23.8 Å². The van der Waals surface area contributed by atoms with Gasteiger partial charge in [0.15, 0.2) is 0 Å². The molecular formula is C5H7ClS. The van der Waals surface area contributed by atoms with E-state index in [9.17, 15) is 0 Å². The minimum atomic E-state index is 0.660. The third-order valence-corrected chi connectivity index (χ3v) is 1.23. The summed E-state index contributed by atoms with van der Waals surface area (Å²) in [6.07, 6.45) is 1.68. The van der Waals surface area contributed by atoms with Crippen molar-refractivity contribution in [1.82, 2.24) is 0 Å². The van der Waals surface area contributed by atoms with Gasteiger partial charge in [-0.3, -0.25) is 0 Å². The van der Waals surface area contributed by atoms with Crippen molar-refractivity contribution in [1.29, 1.82) is 0 Å². The Morgan fingerprint density at radius 1 is 1.86 bits per heavy atom. The normalized spacial score (nSPS) is 11.4. The molecule has 0 aliphatic carbocycles. The summed E-state index contributed by atoms with van der Waals surface area (Å²) in [6, 6.07) is 0. The number of allylic oxidation sites excluding steroid dienone is 1. The van der Waals surface area contributed by atoms with E-state index in [1.54, 1.807) is 6.08 Å². The average Bonchev–Trinajstić information content (AvgIpc) is 1.72. The summed E-state index contributed by atoms with van der Waals surface area (Å²) in [5.41, 5.74) is 2.42. The lowest BCUT2D eigenvalue weighted by Crippen LogP contribution is -1.72. The van der Waals surface area contributed by atoms with E-state index in [2.05, 4.69) is 19.2 Å². The van der Waals surface area contributed by atoms with Gasteiger partial charge >= 0.3 is 0 Å². The zero-order chi connectivity index (χ0) is 5.70. The Bertz CT molecular complexity index is 86.1. The lowest BCUT2D eigenvalue weighted by molar-refractivity contribution is 1.60. The molecule has 0 atom stereocenters. The van der Waals surface area contributed by atoms with Gasteiger partial charge in [0.25, 0.3) is 0 Å². The first-order valence-electron chi connectivity index (χ1n) is 1.87. The second-order valence-corrected chi connectivity index (χ2v) is 1.58. The Morgan fingerprint density at radius 3 is 2.43 bits per heavy atom. The van der Waals surface area contributed by atoms with Crippen molar-refractivity contribution >= 4 is 24.2 Å². The van der Waals surface area contributed by atoms with Crippen LogP contribution in [-0.2, 0) is 0 Å². The molecule has 0 aliphatic rings. The predicted molar refractivity (Wildman–Crippen MR) is 38.0 cm³/mol. The Kier molecular flexibility index (Phi) is 4.36. The molecule has 2 heteroatoms. The van der Waals surface area contributed by atoms with Gasteiger partial charge in [-0.25, -0.2) is 0 Å². The molecule has 0 unspecified atom stereocenters. The number of rotatable bonds is 2. The third kappa shape index (κ3) is 2.77. The smallest absolute Gasteiger partial charge is 0.0162 e. The number of hydrogen-bond donors (Lipinski definition) is 1. The van der Waals surface area contributed by atoms with Crippen molar-refractivity contribution in [2.75, 3.05) is 5.75 Å². The molecule has 0 radical (unpaired) electrons. The van der Waals surface area contributed by atoms with Gasteiger partial charge in [-0.15, -0.1) is 0 Å². The quantitative estimate of drug-likeness (QED) is 0.435. The summed E-state index contributed by atoms with van der Waals surface area (Å²) in [5, 5.41) is 0. The maximum Gasteiger partial charge on any atom is 0.0162 e. The van der Waals surface area contributed by atoms with Crippen LogP contribution in [0.1, 0.15) is 0 Å². The summed E-state index contributed by atoms with van der Waals surface area (Å²) in [6.45, 7) is 3.50. The van der Waals surface area contributed by atoms with Crippen molar-refractivity contribution in [2.45, 2.75) is 0 Å². The highest BCUT2D eigenvalue weighted by molar-refractivity contribution is 7.80. The molecule has 40 valence electrons. The molecule has 0 fully saturated rings. The Balaban J connectivity index is 3.60. The molecule has 0 N–H and O–H groups in total. The van der Waals surface area contributed by atoms with Gasteiger partial charge in [0.2, 0.25) is 0 Å². The van der Waals surface area contributed by atoms with Crippen LogP contribution in [0.4, 0.5) is 0 Å². The molecule has 0 heterocycles. The van der Waals surface area contributed by atoms with Crippen LogP contribution in [0.3, 0.4) is 0 Å². The molecule has 0 bridgehead atoms. The van der Waals surface area contributed by atoms with Gasteiger partial charge in [0.05, 0.1) is 0 Å². The van der Waals surface area contributed by atoms with E-state index >= 15 is 0 Å². The monoisotopic (exact) mass is 134 g/mol. The van der Waals surface area contributed by atoms with Crippen molar-refractivity contribution in [3.8, 4) is 0 Å². The predicted octanol–water partition coefficient (Wildman–Crippen LogP) is 2.22. The number of thiol groups is 1. The van der Waals surface area contributed by atoms with E-state index in [1.807, 2.05) is 0 Å². The van der Waals surface area contributed by atoms with E-state index < -0.39 is 0 Å². The fourth-order valence-electron chi connectivity index (χ4n) is 0.144. The summed E-state index contributed by atoms with van der Waals surface area (Å²) in [4.78, 5) is 0. The van der Waals surface area contributed by atoms with Gasteiger partial charge in [-0.2, -0.15) is 12.6 Å². The van der Waals surface area contributed by atoms with Crippen LogP contribution in [0.5, 0.6) is 0 Å². The zero-order valence-electron chi connectivity index (χ0n) is 3.89. The van der Waals surface area contributed by atoms with Gasteiger partial charge in [0.1, 0.15) is 0 Å². The number of halogens is 1. The molecule has 7 heavy (non-hydrogen) atoms. The maximum absolute atomic E-state index is 5.29. The first-order chi connectivity index (χ1) is 3.35. The fourth-order valence-corrected chi connectivity index (χ4v) is 0.638. The molecule has 0 spiro atoms. The third-order valence-electron chi connectivity index (χ3n) is 0.585. The first-order valence-corrected chi connectivity index (χ1v) is 2.94. The van der Waals surface area contributed by atoms with Crippen molar-refractivity contribution in [2.24, 2.45) is 0 Å². The van der Waals surface area contributed by atoms with Gasteiger partial charge in [0, 0.05) is 11.3 Å². The molecular weight excluding hydrogens is 128 g/mol. The average molecular weight is 135 g/mol. The SMILES string of the molecule is C=C/C(=C/Cl)CS. The Hall–Kier alpha value is 0.120. The first kappa shape index (κ1) is 7.12. The van der Waals surface area contributed by atoms with Crippen LogP contribution in [0.25, 0.3) is 0 Å². The molecule has 0 aliphatic heterocycles. The summed E-state index contributed by atoms with van der Waals surface area (Å²) in [5.74, 6) is 0.660. The van der Waals surface area contributed by atoms with Crippen molar-refractivity contribution in [3.63, 3.8) is 0 Å². The topological polar surface area (TPSA) is 0 Å². The zero-order valence-corrected chi connectivity index (χ0v) is 5.54. The lowest BCUT2D eigenvalue weighted by Gasteiger charge is -1.86. The maximum atomic E-state index is 5.29. The van der Waals surface area contributed by atoms with Gasteiger partial charge in [-0.05, 0) is 5.57 Å². The number of hydrogen-bond acceptors (Lipinski definition) is 1. The van der Waals surface area contributed by atoms with E-state index in [-0.39, 0.29) is 0 Å². The lowest BCUT2D eigenvalue weighted by atomic mass is 10.4. The molecule has 0 saturated carbocycles. The van der Waals surface area contributed by atoms with Crippen LogP contribution < -0.4 is 0 Å². The van der Waals surface area contributed by atoms with Gasteiger partial charge in [-0.1, -0.05) is 24.3 Å². The molecule has 0 aromatic carbocycles. The molecule has 0 amide bonds. The highest BCUT2D eigenvalue weighted by Crippen LogP contribution is 1.98. The van der Waals surface area contributed by atoms with Crippen LogP contribution in [0, 0.1) is 0 Å². The molecule has 0 rings (SSSR count). The highest BCUT2D eigenvalue weighted by Gasteiger charge is 1.79. The van der Waals surface area contributed by atoms with Crippen LogP contribution in [0.15, 0.2) is 23.8 Å². The van der Waals surface area contributed by atoms with E-state index in [1.165, 1.54) is 5.54 Å². The Labute approximate surface area is 54.3 Å². The molecule has 0 saturated heterocycles. The minimum Gasteiger partial charge on any atom is -0.175 e. The van der Waals surface area contributed by atoms with Crippen LogP contribution in [0.2, 0.25) is 0 Å². The van der Waals surface area contributed by atoms with Crippen LogP contribution in [-0.4, -0.2) is 5.75 Å². The second-order valence-electron chi connectivity index (χ2n) is 1.05. The van der Waals surface area contributed by atoms with Crippen LogP contribution >= 0.6 is 24.2 Å². The summed E-state index contributed by atoms with van der Waals surface area (Å²) in [7, 11) is 0.